The fourth-order valence-corrected chi connectivity index (χ4v) is 4.54. The summed E-state index contributed by atoms with van der Waals surface area (Å²) in [4.78, 5) is 17.0. The van der Waals surface area contributed by atoms with Crippen LogP contribution in [0.3, 0.4) is 0 Å². The molecule has 2 bridgehead atoms. The lowest BCUT2D eigenvalue weighted by molar-refractivity contribution is -0.134. The molecule has 2 saturated carbocycles. The minimum Gasteiger partial charge on any atom is -0.340 e. The molecule has 1 amide bonds. The standard InChI is InChI=1S/C16H29N3O/c1-12(11-17)18-4-6-19(7-5-18)16(20)10-15-9-13-2-3-14(15)8-13/h12-15H,2-11,17H2,1H3. The van der Waals surface area contributed by atoms with Crippen molar-refractivity contribution in [2.75, 3.05) is 32.7 Å². The first-order chi connectivity index (χ1) is 9.67. The summed E-state index contributed by atoms with van der Waals surface area (Å²) in [5.41, 5.74) is 5.72. The molecule has 0 aromatic carbocycles. The first-order valence-electron chi connectivity index (χ1n) is 8.39. The smallest absolute Gasteiger partial charge is 0.222 e. The van der Waals surface area contributed by atoms with Crippen LogP contribution in [-0.2, 0) is 4.79 Å². The van der Waals surface area contributed by atoms with Gasteiger partial charge in [0.05, 0.1) is 0 Å². The van der Waals surface area contributed by atoms with Gasteiger partial charge in [0.1, 0.15) is 0 Å². The van der Waals surface area contributed by atoms with Crippen molar-refractivity contribution >= 4 is 5.91 Å². The molecule has 20 heavy (non-hydrogen) atoms. The van der Waals surface area contributed by atoms with Crippen molar-refractivity contribution in [3.8, 4) is 0 Å². The van der Waals surface area contributed by atoms with Gasteiger partial charge in [0, 0.05) is 45.2 Å². The molecule has 0 spiro atoms. The molecule has 2 aliphatic carbocycles. The monoisotopic (exact) mass is 279 g/mol. The van der Waals surface area contributed by atoms with Gasteiger partial charge in [0.2, 0.25) is 5.91 Å². The molecule has 0 aromatic heterocycles. The van der Waals surface area contributed by atoms with E-state index in [4.69, 9.17) is 5.73 Å². The first kappa shape index (κ1) is 14.3. The van der Waals surface area contributed by atoms with Crippen molar-refractivity contribution < 1.29 is 4.79 Å². The Morgan fingerprint density at radius 3 is 2.50 bits per heavy atom. The molecule has 4 nitrogen and oxygen atoms in total. The van der Waals surface area contributed by atoms with Crippen LogP contribution in [0, 0.1) is 17.8 Å². The van der Waals surface area contributed by atoms with Crippen molar-refractivity contribution in [3.05, 3.63) is 0 Å². The van der Waals surface area contributed by atoms with E-state index < -0.39 is 0 Å². The number of hydrogen-bond donors (Lipinski definition) is 1. The van der Waals surface area contributed by atoms with Crippen LogP contribution in [0.1, 0.15) is 39.0 Å². The molecular weight excluding hydrogens is 250 g/mol. The second-order valence-corrected chi connectivity index (χ2v) is 7.14. The van der Waals surface area contributed by atoms with E-state index in [2.05, 4.69) is 16.7 Å². The van der Waals surface area contributed by atoms with E-state index in [0.29, 0.717) is 24.4 Å². The van der Waals surface area contributed by atoms with E-state index in [1.807, 2.05) is 0 Å². The number of nitrogens with two attached hydrogens (primary N) is 1. The van der Waals surface area contributed by atoms with Crippen molar-refractivity contribution in [3.63, 3.8) is 0 Å². The van der Waals surface area contributed by atoms with E-state index in [9.17, 15) is 4.79 Å². The van der Waals surface area contributed by atoms with Gasteiger partial charge < -0.3 is 10.6 Å². The molecule has 3 fully saturated rings. The van der Waals surface area contributed by atoms with Crippen molar-refractivity contribution in [2.24, 2.45) is 23.5 Å². The predicted octanol–water partition coefficient (Wildman–Crippen LogP) is 1.30. The summed E-state index contributed by atoms with van der Waals surface area (Å²) < 4.78 is 0. The topological polar surface area (TPSA) is 49.6 Å². The molecule has 0 radical (unpaired) electrons. The normalized spacial score (nSPS) is 35.5. The summed E-state index contributed by atoms with van der Waals surface area (Å²) in [7, 11) is 0. The number of amides is 1. The van der Waals surface area contributed by atoms with Crippen LogP contribution in [0.25, 0.3) is 0 Å². The zero-order valence-corrected chi connectivity index (χ0v) is 12.8. The van der Waals surface area contributed by atoms with Crippen molar-refractivity contribution in [1.29, 1.82) is 0 Å². The fourth-order valence-electron chi connectivity index (χ4n) is 4.54. The molecule has 1 aliphatic heterocycles. The van der Waals surface area contributed by atoms with E-state index in [-0.39, 0.29) is 0 Å². The Bertz CT molecular complexity index is 352. The lowest BCUT2D eigenvalue weighted by atomic mass is 9.86. The van der Waals surface area contributed by atoms with Gasteiger partial charge in [-0.1, -0.05) is 6.42 Å². The lowest BCUT2D eigenvalue weighted by Crippen LogP contribution is -2.53. The average Bonchev–Trinajstić information content (AvgIpc) is 3.09. The van der Waals surface area contributed by atoms with Crippen molar-refractivity contribution in [1.82, 2.24) is 9.80 Å². The van der Waals surface area contributed by atoms with Gasteiger partial charge in [-0.2, -0.15) is 0 Å². The first-order valence-corrected chi connectivity index (χ1v) is 8.39. The summed E-state index contributed by atoms with van der Waals surface area (Å²) in [6, 6.07) is 0.442. The van der Waals surface area contributed by atoms with Crippen LogP contribution < -0.4 is 5.73 Å². The van der Waals surface area contributed by atoms with Crippen LogP contribution in [0.15, 0.2) is 0 Å². The number of fused-ring (bicyclic) bond motifs is 2. The van der Waals surface area contributed by atoms with Crippen LogP contribution in [-0.4, -0.2) is 54.5 Å². The molecule has 4 atom stereocenters. The van der Waals surface area contributed by atoms with Crippen molar-refractivity contribution in [2.45, 2.75) is 45.1 Å². The third-order valence-electron chi connectivity index (χ3n) is 5.95. The summed E-state index contributed by atoms with van der Waals surface area (Å²) >= 11 is 0. The third-order valence-corrected chi connectivity index (χ3v) is 5.95. The van der Waals surface area contributed by atoms with Gasteiger partial charge in [-0.05, 0) is 43.9 Å². The Kier molecular flexibility index (Phi) is 4.32. The zero-order chi connectivity index (χ0) is 14.1. The van der Waals surface area contributed by atoms with E-state index in [1.54, 1.807) is 0 Å². The van der Waals surface area contributed by atoms with Crippen LogP contribution in [0.4, 0.5) is 0 Å². The molecule has 4 unspecified atom stereocenters. The SMILES string of the molecule is CC(CN)N1CCN(C(=O)CC2CC3CCC2C3)CC1. The quantitative estimate of drug-likeness (QED) is 0.844. The summed E-state index contributed by atoms with van der Waals surface area (Å²) in [5.74, 6) is 2.91. The molecule has 1 saturated heterocycles. The molecule has 114 valence electrons. The van der Waals surface area contributed by atoms with Crippen LogP contribution in [0.2, 0.25) is 0 Å². The minimum atomic E-state index is 0.405. The summed E-state index contributed by atoms with van der Waals surface area (Å²) in [5, 5.41) is 0. The van der Waals surface area contributed by atoms with Gasteiger partial charge in [-0.25, -0.2) is 0 Å². The third kappa shape index (κ3) is 2.86. The number of hydrogen-bond acceptors (Lipinski definition) is 3. The molecule has 1 heterocycles. The highest BCUT2D eigenvalue weighted by Gasteiger charge is 2.40. The molecule has 0 aromatic rings. The largest absolute Gasteiger partial charge is 0.340 e. The molecular formula is C16H29N3O. The number of piperazine rings is 1. The summed E-state index contributed by atoms with van der Waals surface area (Å²) in [6.07, 6.45) is 6.34. The van der Waals surface area contributed by atoms with Crippen LogP contribution >= 0.6 is 0 Å². The number of rotatable bonds is 4. The predicted molar refractivity (Wildman–Crippen MR) is 80.2 cm³/mol. The Labute approximate surface area is 122 Å². The van der Waals surface area contributed by atoms with Gasteiger partial charge in [0.15, 0.2) is 0 Å². The second-order valence-electron chi connectivity index (χ2n) is 7.14. The number of nitrogens with zero attached hydrogens (tertiary/aromatic N) is 2. The van der Waals surface area contributed by atoms with Crippen LogP contribution in [0.5, 0.6) is 0 Å². The highest BCUT2D eigenvalue weighted by molar-refractivity contribution is 5.76. The fraction of sp³-hybridized carbons (Fsp3) is 0.938. The maximum atomic E-state index is 12.5. The molecule has 3 rings (SSSR count). The number of carbonyl (C=O) groups excluding carboxylic acids is 1. The zero-order valence-electron chi connectivity index (χ0n) is 12.8. The maximum Gasteiger partial charge on any atom is 0.222 e. The van der Waals surface area contributed by atoms with Gasteiger partial charge >= 0.3 is 0 Å². The van der Waals surface area contributed by atoms with Gasteiger partial charge in [-0.15, -0.1) is 0 Å². The van der Waals surface area contributed by atoms with E-state index in [0.717, 1.165) is 44.4 Å². The highest BCUT2D eigenvalue weighted by atomic mass is 16.2. The number of carbonyl (C=O) groups is 1. The highest BCUT2D eigenvalue weighted by Crippen LogP contribution is 2.49. The average molecular weight is 279 g/mol. The molecule has 3 aliphatic rings. The Morgan fingerprint density at radius 1 is 1.20 bits per heavy atom. The second kappa shape index (κ2) is 6.02. The maximum absolute atomic E-state index is 12.5. The lowest BCUT2D eigenvalue weighted by Gasteiger charge is -2.38. The van der Waals surface area contributed by atoms with E-state index >= 15 is 0 Å². The van der Waals surface area contributed by atoms with E-state index in [1.165, 1.54) is 25.7 Å². The molecule has 4 heteroatoms. The Hall–Kier alpha value is -0.610. The van der Waals surface area contributed by atoms with Gasteiger partial charge in [-0.3, -0.25) is 9.69 Å². The Balaban J connectivity index is 1.45. The summed E-state index contributed by atoms with van der Waals surface area (Å²) in [6.45, 7) is 6.64. The Morgan fingerprint density at radius 2 is 1.95 bits per heavy atom. The van der Waals surface area contributed by atoms with Gasteiger partial charge in [0.25, 0.3) is 0 Å². The molecule has 2 N–H and O–H groups in total. The minimum absolute atomic E-state index is 0.405.